The number of hydrogen-bond donors (Lipinski definition) is 1. The number of allylic oxidation sites excluding steroid dienone is 1. The Balaban J connectivity index is 1.51. The quantitative estimate of drug-likeness (QED) is 0.611. The van der Waals surface area contributed by atoms with E-state index in [1.54, 1.807) is 4.90 Å². The maximum atomic E-state index is 12.6. The minimum Gasteiger partial charge on any atom is -0.377 e. The molecule has 1 saturated heterocycles. The summed E-state index contributed by atoms with van der Waals surface area (Å²) in [6.07, 6.45) is -2.19. The number of thiazole rings is 1. The van der Waals surface area contributed by atoms with Gasteiger partial charge in [0.25, 0.3) is 5.78 Å². The van der Waals surface area contributed by atoms with Gasteiger partial charge >= 0.3 is 6.18 Å². The third kappa shape index (κ3) is 6.16. The molecule has 166 valence electrons. The van der Waals surface area contributed by atoms with Gasteiger partial charge in [0.1, 0.15) is 0 Å². The Labute approximate surface area is 183 Å². The highest BCUT2D eigenvalue weighted by Gasteiger charge is 2.36. The lowest BCUT2D eigenvalue weighted by molar-refractivity contribution is -0.165. The number of alkyl halides is 3. The number of nitrogens with zero attached hydrogens (tertiary/aromatic N) is 2. The van der Waals surface area contributed by atoms with Crippen molar-refractivity contribution in [1.29, 1.82) is 0 Å². The zero-order valence-corrected chi connectivity index (χ0v) is 18.1. The molecule has 1 fully saturated rings. The van der Waals surface area contributed by atoms with Crippen LogP contribution >= 0.6 is 11.3 Å². The van der Waals surface area contributed by atoms with Crippen LogP contribution in [-0.4, -0.2) is 40.8 Å². The summed E-state index contributed by atoms with van der Waals surface area (Å²) in [5, 5.41) is 5.26. The normalized spacial score (nSPS) is 15.6. The molecule has 0 aliphatic carbocycles. The second kappa shape index (κ2) is 9.64. The van der Waals surface area contributed by atoms with Gasteiger partial charge < -0.3 is 10.2 Å². The number of carbonyl (C=O) groups is 2. The maximum Gasteiger partial charge on any atom is 0.454 e. The Morgan fingerprint density at radius 1 is 1.19 bits per heavy atom. The molecule has 0 unspecified atom stereocenters. The lowest BCUT2D eigenvalue weighted by Crippen LogP contribution is -2.35. The first-order valence-corrected chi connectivity index (χ1v) is 10.9. The minimum absolute atomic E-state index is 0.147. The second-order valence-corrected chi connectivity index (χ2v) is 8.65. The Morgan fingerprint density at radius 2 is 1.84 bits per heavy atom. The molecule has 0 spiro atoms. The van der Waals surface area contributed by atoms with E-state index in [1.165, 1.54) is 16.9 Å². The molecule has 1 aromatic heterocycles. The Hall–Kier alpha value is -2.68. The van der Waals surface area contributed by atoms with Crippen LogP contribution in [-0.2, 0) is 9.59 Å². The van der Waals surface area contributed by atoms with Gasteiger partial charge in [-0.05, 0) is 24.3 Å². The zero-order valence-electron chi connectivity index (χ0n) is 17.3. The van der Waals surface area contributed by atoms with Gasteiger partial charge in [0, 0.05) is 42.2 Å². The molecule has 0 radical (unpaired) electrons. The molecule has 5 nitrogen and oxygen atoms in total. The summed E-state index contributed by atoms with van der Waals surface area (Å²) >= 11 is 1.35. The molecular weight excluding hydrogens is 427 g/mol. The third-order valence-electron chi connectivity index (χ3n) is 5.22. The van der Waals surface area contributed by atoms with Gasteiger partial charge in [-0.2, -0.15) is 13.2 Å². The fourth-order valence-corrected chi connectivity index (χ4v) is 4.01. The fraction of sp³-hybridized carbons (Fsp3) is 0.409. The van der Waals surface area contributed by atoms with E-state index in [0.717, 1.165) is 17.5 Å². The van der Waals surface area contributed by atoms with Crippen LogP contribution in [0, 0.1) is 5.92 Å². The van der Waals surface area contributed by atoms with E-state index in [9.17, 15) is 22.8 Å². The van der Waals surface area contributed by atoms with Crippen molar-refractivity contribution in [1.82, 2.24) is 9.88 Å². The number of anilines is 1. The van der Waals surface area contributed by atoms with Crippen LogP contribution < -0.4 is 5.32 Å². The molecule has 9 heteroatoms. The second-order valence-electron chi connectivity index (χ2n) is 7.79. The fourth-order valence-electron chi connectivity index (χ4n) is 3.29. The van der Waals surface area contributed by atoms with Crippen LogP contribution in [0.4, 0.5) is 18.3 Å². The number of hydrogen-bond acceptors (Lipinski definition) is 5. The Bertz CT molecular complexity index is 944. The van der Waals surface area contributed by atoms with Crippen molar-refractivity contribution in [3.63, 3.8) is 0 Å². The lowest BCUT2D eigenvalue weighted by Gasteiger charge is -2.30. The van der Waals surface area contributed by atoms with Crippen LogP contribution in [0.25, 0.3) is 11.3 Å². The topological polar surface area (TPSA) is 62.3 Å². The van der Waals surface area contributed by atoms with Crippen molar-refractivity contribution in [3.05, 3.63) is 47.5 Å². The summed E-state index contributed by atoms with van der Waals surface area (Å²) in [5.41, 5.74) is 3.02. The van der Waals surface area contributed by atoms with Crippen molar-refractivity contribution in [2.75, 3.05) is 18.4 Å². The smallest absolute Gasteiger partial charge is 0.377 e. The van der Waals surface area contributed by atoms with E-state index in [0.29, 0.717) is 43.1 Å². The molecule has 1 aromatic carbocycles. The number of benzene rings is 1. The van der Waals surface area contributed by atoms with E-state index in [-0.39, 0.29) is 11.8 Å². The molecule has 2 heterocycles. The molecule has 0 saturated carbocycles. The average Bonchev–Trinajstić information content (AvgIpc) is 3.20. The minimum atomic E-state index is -4.86. The number of nitrogens with one attached hydrogen (secondary N) is 1. The van der Waals surface area contributed by atoms with Crippen LogP contribution in [0.2, 0.25) is 0 Å². The molecule has 0 atom stereocenters. The highest BCUT2D eigenvalue weighted by Crippen LogP contribution is 2.28. The van der Waals surface area contributed by atoms with Gasteiger partial charge in [-0.15, -0.1) is 11.3 Å². The Morgan fingerprint density at radius 3 is 2.42 bits per heavy atom. The van der Waals surface area contributed by atoms with Crippen LogP contribution in [0.5, 0.6) is 0 Å². The molecule has 1 amide bonds. The summed E-state index contributed by atoms with van der Waals surface area (Å²) in [4.78, 5) is 29.6. The number of amides is 1. The van der Waals surface area contributed by atoms with Crippen molar-refractivity contribution >= 4 is 28.2 Å². The molecule has 3 rings (SSSR count). The molecule has 1 aliphatic rings. The van der Waals surface area contributed by atoms with Gasteiger partial charge in [-0.3, -0.25) is 9.59 Å². The summed E-state index contributed by atoms with van der Waals surface area (Å²) in [6, 6.07) is 8.18. The van der Waals surface area contributed by atoms with Gasteiger partial charge in [0.15, 0.2) is 5.13 Å². The third-order valence-corrected chi connectivity index (χ3v) is 5.98. The average molecular weight is 452 g/mol. The summed E-state index contributed by atoms with van der Waals surface area (Å²) < 4.78 is 36.8. The first-order chi connectivity index (χ1) is 14.6. The van der Waals surface area contributed by atoms with E-state index in [1.807, 2.05) is 17.5 Å². The predicted molar refractivity (Wildman–Crippen MR) is 115 cm³/mol. The molecule has 2 aromatic rings. The van der Waals surface area contributed by atoms with E-state index in [4.69, 9.17) is 0 Å². The van der Waals surface area contributed by atoms with Gasteiger partial charge in [-0.25, -0.2) is 4.98 Å². The van der Waals surface area contributed by atoms with E-state index >= 15 is 0 Å². The summed E-state index contributed by atoms with van der Waals surface area (Å²) in [7, 11) is 0. The molecule has 31 heavy (non-hydrogen) atoms. The predicted octanol–water partition coefficient (Wildman–Crippen LogP) is 5.23. The zero-order chi connectivity index (χ0) is 22.6. The Kier molecular flexibility index (Phi) is 7.15. The number of carbonyl (C=O) groups excluding carboxylic acids is 2. The maximum absolute atomic E-state index is 12.6. The first kappa shape index (κ1) is 23.0. The lowest BCUT2D eigenvalue weighted by atomic mass is 9.96. The number of halogens is 3. The summed E-state index contributed by atoms with van der Waals surface area (Å²) in [6.45, 7) is 5.08. The number of ketones is 1. The van der Waals surface area contributed by atoms with Crippen molar-refractivity contribution in [2.24, 2.45) is 5.92 Å². The van der Waals surface area contributed by atoms with Gasteiger partial charge in [0.2, 0.25) is 5.91 Å². The molecular formula is C22H24F3N3O2S. The molecule has 0 bridgehead atoms. The largest absolute Gasteiger partial charge is 0.454 e. The molecule has 1 aliphatic heterocycles. The highest BCUT2D eigenvalue weighted by atomic mass is 32.1. The van der Waals surface area contributed by atoms with Gasteiger partial charge in [-0.1, -0.05) is 38.1 Å². The standard InChI is InChI=1S/C22H24F3N3O2S/c1-14(2)15-3-5-16(6-4-15)18-13-31-21(26-18)27-20(30)17-7-10-28(11-8-17)12-9-19(29)22(23,24)25/h3-6,9,12-14,17H,7-8,10-11H2,1-2H3,(H,26,27,30)/b12-9+. The number of likely N-dealkylation sites (tertiary alicyclic amines) is 1. The van der Waals surface area contributed by atoms with Crippen molar-refractivity contribution < 1.29 is 22.8 Å². The number of rotatable bonds is 6. The van der Waals surface area contributed by atoms with Crippen LogP contribution in [0.1, 0.15) is 38.2 Å². The monoisotopic (exact) mass is 451 g/mol. The van der Waals surface area contributed by atoms with Crippen LogP contribution in [0.15, 0.2) is 41.9 Å². The highest BCUT2D eigenvalue weighted by molar-refractivity contribution is 7.14. The van der Waals surface area contributed by atoms with E-state index in [2.05, 4.69) is 36.3 Å². The number of aromatic nitrogens is 1. The van der Waals surface area contributed by atoms with Crippen molar-refractivity contribution in [3.8, 4) is 11.3 Å². The SMILES string of the molecule is CC(C)c1ccc(-c2csc(NC(=O)C3CCN(/C=C/C(=O)C(F)(F)F)CC3)n2)cc1. The van der Waals surface area contributed by atoms with E-state index < -0.39 is 12.0 Å². The number of piperidine rings is 1. The molecule has 1 N–H and O–H groups in total. The van der Waals surface area contributed by atoms with Crippen molar-refractivity contribution in [2.45, 2.75) is 38.8 Å². The van der Waals surface area contributed by atoms with Gasteiger partial charge in [0.05, 0.1) is 5.69 Å². The van der Waals surface area contributed by atoms with Crippen LogP contribution in [0.3, 0.4) is 0 Å². The first-order valence-electron chi connectivity index (χ1n) is 10.0. The summed E-state index contributed by atoms with van der Waals surface area (Å²) in [5.74, 6) is -1.83.